The van der Waals surface area contributed by atoms with Crippen LogP contribution in [0.3, 0.4) is 0 Å². The summed E-state index contributed by atoms with van der Waals surface area (Å²) in [5, 5.41) is 16.8. The van der Waals surface area contributed by atoms with Crippen LogP contribution in [0, 0.1) is 5.92 Å². The summed E-state index contributed by atoms with van der Waals surface area (Å²) in [6.07, 6.45) is 1.68. The van der Waals surface area contributed by atoms with E-state index >= 15 is 0 Å². The van der Waals surface area contributed by atoms with Crippen LogP contribution in [0.2, 0.25) is 0 Å². The maximum Gasteiger partial charge on any atom is 0.224 e. The maximum atomic E-state index is 12.1. The first kappa shape index (κ1) is 14.0. The number of nitrogens with one attached hydrogen (secondary N) is 2. The fourth-order valence-corrected chi connectivity index (χ4v) is 2.72. The number of hydrogen-bond donors (Lipinski definition) is 3. The van der Waals surface area contributed by atoms with Crippen molar-refractivity contribution in [2.75, 3.05) is 19.6 Å². The summed E-state index contributed by atoms with van der Waals surface area (Å²) in [6.45, 7) is 1.86. The fraction of sp³-hybridized carbons (Fsp3) is 0.375. The van der Waals surface area contributed by atoms with Gasteiger partial charge in [0.15, 0.2) is 0 Å². The van der Waals surface area contributed by atoms with Crippen LogP contribution in [0.15, 0.2) is 36.5 Å². The minimum absolute atomic E-state index is 0.0350. The summed E-state index contributed by atoms with van der Waals surface area (Å²) in [5.74, 6) is 0.0619. The third kappa shape index (κ3) is 3.20. The molecule has 1 aliphatic heterocycles. The van der Waals surface area contributed by atoms with Gasteiger partial charge in [-0.1, -0.05) is 24.3 Å². The first-order chi connectivity index (χ1) is 10.2. The summed E-state index contributed by atoms with van der Waals surface area (Å²) in [7, 11) is 0. The molecule has 5 nitrogen and oxygen atoms in total. The Bertz CT molecular complexity index is 639. The van der Waals surface area contributed by atoms with E-state index in [2.05, 4.69) is 15.6 Å². The molecular formula is C16H19N3O2. The predicted molar refractivity (Wildman–Crippen MR) is 80.8 cm³/mol. The van der Waals surface area contributed by atoms with Gasteiger partial charge >= 0.3 is 0 Å². The number of β-amino-alcohol motifs (C(OH)–C–C–N with tert-alkyl or cyclic N) is 1. The molecule has 2 atom stereocenters. The van der Waals surface area contributed by atoms with Crippen molar-refractivity contribution in [1.82, 2.24) is 15.6 Å². The average Bonchev–Trinajstić information content (AvgIpc) is 2.91. The molecule has 5 heteroatoms. The minimum Gasteiger partial charge on any atom is -0.391 e. The zero-order valence-electron chi connectivity index (χ0n) is 11.7. The standard InChI is InChI=1S/C16H19N3O2/c20-14-10-17-8-13(14)9-19-15(21)7-12-4-1-3-11-5-2-6-18-16(11)12/h1-6,13-14,17,20H,7-10H2,(H,19,21). The van der Waals surface area contributed by atoms with Gasteiger partial charge in [-0.15, -0.1) is 0 Å². The normalized spacial score (nSPS) is 21.6. The second-order valence-electron chi connectivity index (χ2n) is 5.46. The lowest BCUT2D eigenvalue weighted by atomic mass is 10.1. The number of aliphatic hydroxyl groups excluding tert-OH is 1. The molecule has 0 radical (unpaired) electrons. The van der Waals surface area contributed by atoms with Crippen LogP contribution in [0.25, 0.3) is 10.9 Å². The highest BCUT2D eigenvalue weighted by atomic mass is 16.3. The van der Waals surface area contributed by atoms with Crippen molar-refractivity contribution in [3.05, 3.63) is 42.1 Å². The topological polar surface area (TPSA) is 74.2 Å². The first-order valence-electron chi connectivity index (χ1n) is 7.22. The molecule has 3 N–H and O–H groups in total. The number of amides is 1. The van der Waals surface area contributed by atoms with E-state index in [1.54, 1.807) is 6.20 Å². The van der Waals surface area contributed by atoms with E-state index in [0.717, 1.165) is 23.0 Å². The minimum atomic E-state index is -0.371. The van der Waals surface area contributed by atoms with Crippen LogP contribution < -0.4 is 10.6 Å². The van der Waals surface area contributed by atoms with E-state index in [9.17, 15) is 9.90 Å². The molecule has 0 saturated carbocycles. The van der Waals surface area contributed by atoms with Crippen molar-refractivity contribution in [2.45, 2.75) is 12.5 Å². The number of aromatic nitrogens is 1. The number of aliphatic hydroxyl groups is 1. The smallest absolute Gasteiger partial charge is 0.224 e. The molecule has 0 aliphatic carbocycles. The number of benzene rings is 1. The van der Waals surface area contributed by atoms with Gasteiger partial charge in [0, 0.05) is 37.1 Å². The lowest BCUT2D eigenvalue weighted by Crippen LogP contribution is -2.35. The van der Waals surface area contributed by atoms with Gasteiger partial charge in [-0.25, -0.2) is 0 Å². The number of rotatable bonds is 4. The van der Waals surface area contributed by atoms with Gasteiger partial charge in [-0.05, 0) is 11.6 Å². The molecule has 1 fully saturated rings. The molecule has 0 spiro atoms. The van der Waals surface area contributed by atoms with Crippen molar-refractivity contribution in [2.24, 2.45) is 5.92 Å². The van der Waals surface area contributed by atoms with Crippen molar-refractivity contribution in [3.8, 4) is 0 Å². The monoisotopic (exact) mass is 285 g/mol. The van der Waals surface area contributed by atoms with Gasteiger partial charge in [0.05, 0.1) is 18.0 Å². The third-order valence-corrected chi connectivity index (χ3v) is 3.93. The molecule has 2 aromatic rings. The Labute approximate surface area is 123 Å². The molecule has 1 amide bonds. The van der Waals surface area contributed by atoms with Crippen LogP contribution in [0.4, 0.5) is 0 Å². The molecule has 2 heterocycles. The first-order valence-corrected chi connectivity index (χ1v) is 7.22. The van der Waals surface area contributed by atoms with E-state index in [4.69, 9.17) is 0 Å². The lowest BCUT2D eigenvalue weighted by Gasteiger charge is -2.14. The van der Waals surface area contributed by atoms with Crippen LogP contribution in [0.5, 0.6) is 0 Å². The summed E-state index contributed by atoms with van der Waals surface area (Å²) in [5.41, 5.74) is 1.80. The highest BCUT2D eigenvalue weighted by Crippen LogP contribution is 2.16. The molecule has 1 aromatic carbocycles. The van der Waals surface area contributed by atoms with Gasteiger partial charge in [-0.2, -0.15) is 0 Å². The number of carbonyl (C=O) groups excluding carboxylic acids is 1. The zero-order valence-corrected chi connectivity index (χ0v) is 11.7. The number of hydrogen-bond acceptors (Lipinski definition) is 4. The molecule has 1 aromatic heterocycles. The summed E-state index contributed by atoms with van der Waals surface area (Å²) in [4.78, 5) is 16.4. The Morgan fingerprint density at radius 3 is 3.00 bits per heavy atom. The van der Waals surface area contributed by atoms with Gasteiger partial charge in [-0.3, -0.25) is 9.78 Å². The van der Waals surface area contributed by atoms with E-state index in [1.165, 1.54) is 0 Å². The van der Waals surface area contributed by atoms with Crippen molar-refractivity contribution >= 4 is 16.8 Å². The average molecular weight is 285 g/mol. The molecule has 110 valence electrons. The molecule has 21 heavy (non-hydrogen) atoms. The molecule has 1 aliphatic rings. The van der Waals surface area contributed by atoms with Gasteiger partial charge in [0.2, 0.25) is 5.91 Å². The maximum absolute atomic E-state index is 12.1. The van der Waals surface area contributed by atoms with Crippen LogP contribution in [0.1, 0.15) is 5.56 Å². The number of carbonyl (C=O) groups is 1. The van der Waals surface area contributed by atoms with Crippen LogP contribution in [-0.4, -0.2) is 41.7 Å². The predicted octanol–water partition coefficient (Wildman–Crippen LogP) is 0.474. The molecule has 1 saturated heterocycles. The van der Waals surface area contributed by atoms with E-state index < -0.39 is 0 Å². The summed E-state index contributed by atoms with van der Waals surface area (Å²) < 4.78 is 0. The second-order valence-corrected chi connectivity index (χ2v) is 5.46. The Morgan fingerprint density at radius 1 is 1.33 bits per heavy atom. The van der Waals surface area contributed by atoms with Crippen LogP contribution in [-0.2, 0) is 11.2 Å². The van der Waals surface area contributed by atoms with E-state index in [0.29, 0.717) is 19.5 Å². The van der Waals surface area contributed by atoms with Gasteiger partial charge in [0.1, 0.15) is 0 Å². The highest BCUT2D eigenvalue weighted by molar-refractivity contribution is 5.87. The van der Waals surface area contributed by atoms with Crippen molar-refractivity contribution in [1.29, 1.82) is 0 Å². The van der Waals surface area contributed by atoms with Gasteiger partial charge < -0.3 is 15.7 Å². The van der Waals surface area contributed by atoms with Crippen LogP contribution >= 0.6 is 0 Å². The van der Waals surface area contributed by atoms with Gasteiger partial charge in [0.25, 0.3) is 0 Å². The quantitative estimate of drug-likeness (QED) is 0.763. The Morgan fingerprint density at radius 2 is 2.19 bits per heavy atom. The van der Waals surface area contributed by atoms with Crippen molar-refractivity contribution in [3.63, 3.8) is 0 Å². The molecule has 3 rings (SSSR count). The number of fused-ring (bicyclic) bond motifs is 1. The second kappa shape index (κ2) is 6.20. The van der Waals surface area contributed by atoms with E-state index in [1.807, 2.05) is 30.3 Å². The lowest BCUT2D eigenvalue weighted by molar-refractivity contribution is -0.120. The SMILES string of the molecule is O=C(Cc1cccc2cccnc12)NCC1CNCC1O. The molecule has 0 bridgehead atoms. The molecule has 2 unspecified atom stereocenters. The Balaban J connectivity index is 1.63. The number of pyridine rings is 1. The number of nitrogens with zero attached hydrogens (tertiary/aromatic N) is 1. The zero-order chi connectivity index (χ0) is 14.7. The molecular weight excluding hydrogens is 266 g/mol. The third-order valence-electron chi connectivity index (χ3n) is 3.93. The largest absolute Gasteiger partial charge is 0.391 e. The summed E-state index contributed by atoms with van der Waals surface area (Å²) >= 11 is 0. The Hall–Kier alpha value is -1.98. The number of para-hydroxylation sites is 1. The highest BCUT2D eigenvalue weighted by Gasteiger charge is 2.25. The van der Waals surface area contributed by atoms with Crippen molar-refractivity contribution < 1.29 is 9.90 Å². The Kier molecular flexibility index (Phi) is 4.13. The fourth-order valence-electron chi connectivity index (χ4n) is 2.72. The van der Waals surface area contributed by atoms with E-state index in [-0.39, 0.29) is 17.9 Å². The summed E-state index contributed by atoms with van der Waals surface area (Å²) in [6, 6.07) is 9.74.